The first-order valence-electron chi connectivity index (χ1n) is 11.1. The van der Waals surface area contributed by atoms with Crippen LogP contribution in [0.4, 0.5) is 0 Å². The molecular formula is C27H23N5O3. The van der Waals surface area contributed by atoms with Crippen LogP contribution in [0.1, 0.15) is 23.0 Å². The number of carbonyl (C=O) groups is 1. The van der Waals surface area contributed by atoms with Gasteiger partial charge in [0.1, 0.15) is 11.5 Å². The highest BCUT2D eigenvalue weighted by atomic mass is 16.5. The minimum Gasteiger partial charge on any atom is -0.497 e. The maximum Gasteiger partial charge on any atom is 0.249 e. The van der Waals surface area contributed by atoms with E-state index in [9.17, 15) is 4.79 Å². The van der Waals surface area contributed by atoms with E-state index in [0.29, 0.717) is 18.2 Å². The third kappa shape index (κ3) is 4.81. The summed E-state index contributed by atoms with van der Waals surface area (Å²) in [6.07, 6.45) is 3.66. The second-order valence-corrected chi connectivity index (χ2v) is 7.93. The predicted octanol–water partition coefficient (Wildman–Crippen LogP) is 5.18. The van der Waals surface area contributed by atoms with Crippen LogP contribution in [0.25, 0.3) is 16.8 Å². The standard InChI is InChI=1S/C27H23N5O3/c1-19(33)26-27(32(30-29-26)18-20-4-12-24(34-2)13-5-20)35-25-14-8-22(9-15-25)21-6-10-23(11-7-21)31-17-3-16-28-31/h3-17H,18H2,1-2H3. The molecule has 0 spiro atoms. The molecule has 0 saturated heterocycles. The molecule has 0 N–H and O–H groups in total. The van der Waals surface area contributed by atoms with Gasteiger partial charge in [0.05, 0.1) is 19.3 Å². The number of methoxy groups -OCH3 is 1. The summed E-state index contributed by atoms with van der Waals surface area (Å²) in [7, 11) is 1.62. The maximum absolute atomic E-state index is 12.1. The molecule has 0 aliphatic heterocycles. The fraction of sp³-hybridized carbons (Fsp3) is 0.111. The summed E-state index contributed by atoms with van der Waals surface area (Å²) in [5, 5.41) is 12.4. The topological polar surface area (TPSA) is 84.1 Å². The Balaban J connectivity index is 1.35. The Hall–Kier alpha value is -4.72. The zero-order valence-corrected chi connectivity index (χ0v) is 19.3. The summed E-state index contributed by atoms with van der Waals surface area (Å²) in [6, 6.07) is 25.3. The Labute approximate surface area is 202 Å². The molecule has 5 aromatic rings. The molecule has 0 fully saturated rings. The lowest BCUT2D eigenvalue weighted by Crippen LogP contribution is -2.05. The number of aromatic nitrogens is 5. The number of ether oxygens (including phenoxy) is 2. The van der Waals surface area contributed by atoms with Crippen molar-refractivity contribution in [3.63, 3.8) is 0 Å². The van der Waals surface area contributed by atoms with Crippen LogP contribution >= 0.6 is 0 Å². The van der Waals surface area contributed by atoms with E-state index >= 15 is 0 Å². The Morgan fingerprint density at radius 3 is 2.14 bits per heavy atom. The van der Waals surface area contributed by atoms with E-state index in [1.54, 1.807) is 18.0 Å². The quantitative estimate of drug-likeness (QED) is 0.294. The first-order chi connectivity index (χ1) is 17.1. The second-order valence-electron chi connectivity index (χ2n) is 7.93. The van der Waals surface area contributed by atoms with Gasteiger partial charge in [-0.15, -0.1) is 5.10 Å². The largest absolute Gasteiger partial charge is 0.497 e. The molecule has 174 valence electrons. The zero-order valence-electron chi connectivity index (χ0n) is 19.3. The van der Waals surface area contributed by atoms with E-state index in [4.69, 9.17) is 9.47 Å². The van der Waals surface area contributed by atoms with Crippen LogP contribution < -0.4 is 9.47 Å². The number of carbonyl (C=O) groups excluding carboxylic acids is 1. The van der Waals surface area contributed by atoms with Gasteiger partial charge in [-0.3, -0.25) is 4.79 Å². The maximum atomic E-state index is 12.1. The van der Waals surface area contributed by atoms with Crippen LogP contribution in [0, 0.1) is 0 Å². The van der Waals surface area contributed by atoms with Crippen molar-refractivity contribution >= 4 is 5.78 Å². The van der Waals surface area contributed by atoms with Gasteiger partial charge in [-0.05, 0) is 59.2 Å². The van der Waals surface area contributed by atoms with Gasteiger partial charge in [-0.1, -0.05) is 41.6 Å². The molecular weight excluding hydrogens is 442 g/mol. The molecule has 8 nitrogen and oxygen atoms in total. The van der Waals surface area contributed by atoms with Gasteiger partial charge in [-0.2, -0.15) is 5.10 Å². The molecule has 0 amide bonds. The molecule has 3 aromatic carbocycles. The van der Waals surface area contributed by atoms with E-state index in [1.165, 1.54) is 6.92 Å². The highest BCUT2D eigenvalue weighted by Gasteiger charge is 2.19. The molecule has 0 bridgehead atoms. The molecule has 0 aliphatic carbocycles. The third-order valence-electron chi connectivity index (χ3n) is 5.55. The summed E-state index contributed by atoms with van der Waals surface area (Å²) in [6.45, 7) is 1.85. The lowest BCUT2D eigenvalue weighted by atomic mass is 10.1. The van der Waals surface area contributed by atoms with Gasteiger partial charge in [0, 0.05) is 19.3 Å². The highest BCUT2D eigenvalue weighted by Crippen LogP contribution is 2.28. The summed E-state index contributed by atoms with van der Waals surface area (Å²) >= 11 is 0. The average molecular weight is 466 g/mol. The van der Waals surface area contributed by atoms with Crippen LogP contribution in [0.15, 0.2) is 91.3 Å². The Bertz CT molecular complexity index is 1420. The van der Waals surface area contributed by atoms with Crippen molar-refractivity contribution in [2.75, 3.05) is 7.11 Å². The first kappa shape index (κ1) is 22.1. The van der Waals surface area contributed by atoms with Gasteiger partial charge < -0.3 is 9.47 Å². The van der Waals surface area contributed by atoms with E-state index in [0.717, 1.165) is 28.1 Å². The highest BCUT2D eigenvalue weighted by molar-refractivity contribution is 5.94. The predicted molar refractivity (Wildman–Crippen MR) is 131 cm³/mol. The zero-order chi connectivity index (χ0) is 24.2. The number of ketones is 1. The Kier molecular flexibility index (Phi) is 6.09. The monoisotopic (exact) mass is 465 g/mol. The van der Waals surface area contributed by atoms with Crippen LogP contribution in [0.2, 0.25) is 0 Å². The van der Waals surface area contributed by atoms with Crippen molar-refractivity contribution in [2.45, 2.75) is 13.5 Å². The molecule has 0 atom stereocenters. The second kappa shape index (κ2) is 9.64. The number of nitrogens with zero attached hydrogens (tertiary/aromatic N) is 5. The number of hydrogen-bond acceptors (Lipinski definition) is 6. The van der Waals surface area contributed by atoms with Crippen molar-refractivity contribution in [1.29, 1.82) is 0 Å². The van der Waals surface area contributed by atoms with Gasteiger partial charge in [-0.25, -0.2) is 9.36 Å². The van der Waals surface area contributed by atoms with Crippen LogP contribution in [0.3, 0.4) is 0 Å². The SMILES string of the molecule is COc1ccc(Cn2nnc(C(C)=O)c2Oc2ccc(-c3ccc(-n4cccn4)cc3)cc2)cc1. The molecule has 2 heterocycles. The fourth-order valence-electron chi connectivity index (χ4n) is 3.69. The summed E-state index contributed by atoms with van der Waals surface area (Å²) in [5.41, 5.74) is 4.28. The number of benzene rings is 3. The molecule has 35 heavy (non-hydrogen) atoms. The molecule has 2 aromatic heterocycles. The lowest BCUT2D eigenvalue weighted by Gasteiger charge is -2.11. The van der Waals surface area contributed by atoms with Gasteiger partial charge in [0.2, 0.25) is 5.88 Å². The summed E-state index contributed by atoms with van der Waals surface area (Å²) in [4.78, 5) is 12.1. The average Bonchev–Trinajstić information content (AvgIpc) is 3.56. The van der Waals surface area contributed by atoms with Gasteiger partial charge in [0.15, 0.2) is 11.5 Å². The molecule has 8 heteroatoms. The fourth-order valence-corrected chi connectivity index (χ4v) is 3.69. The van der Waals surface area contributed by atoms with Crippen LogP contribution in [0.5, 0.6) is 17.4 Å². The third-order valence-corrected chi connectivity index (χ3v) is 5.55. The number of hydrogen-bond donors (Lipinski definition) is 0. The smallest absolute Gasteiger partial charge is 0.249 e. The van der Waals surface area contributed by atoms with Gasteiger partial charge >= 0.3 is 0 Å². The summed E-state index contributed by atoms with van der Waals surface area (Å²) < 4.78 is 14.7. The van der Waals surface area contributed by atoms with Crippen LogP contribution in [-0.4, -0.2) is 37.7 Å². The van der Waals surface area contributed by atoms with Gasteiger partial charge in [0.25, 0.3) is 0 Å². The first-order valence-corrected chi connectivity index (χ1v) is 11.1. The van der Waals surface area contributed by atoms with E-state index in [2.05, 4.69) is 27.5 Å². The number of rotatable bonds is 8. The van der Waals surface area contributed by atoms with Crippen molar-refractivity contribution < 1.29 is 14.3 Å². The molecule has 0 aliphatic rings. The van der Waals surface area contributed by atoms with Crippen molar-refractivity contribution in [3.05, 3.63) is 103 Å². The van der Waals surface area contributed by atoms with Crippen LogP contribution in [-0.2, 0) is 6.54 Å². The minimum absolute atomic E-state index is 0.191. The minimum atomic E-state index is -0.213. The van der Waals surface area contributed by atoms with E-state index in [-0.39, 0.29) is 11.5 Å². The molecule has 0 unspecified atom stereocenters. The van der Waals surface area contributed by atoms with Crippen molar-refractivity contribution in [2.24, 2.45) is 0 Å². The Morgan fingerprint density at radius 1 is 0.886 bits per heavy atom. The van der Waals surface area contributed by atoms with Crippen molar-refractivity contribution in [3.8, 4) is 34.2 Å². The van der Waals surface area contributed by atoms with E-state index < -0.39 is 0 Å². The van der Waals surface area contributed by atoms with E-state index in [1.807, 2.05) is 77.6 Å². The molecule has 5 rings (SSSR count). The molecule has 0 saturated carbocycles. The Morgan fingerprint density at radius 2 is 1.54 bits per heavy atom. The number of Topliss-reactive ketones (excluding diaryl/α,β-unsaturated/α-hetero) is 1. The lowest BCUT2D eigenvalue weighted by molar-refractivity contribution is 0.101. The summed E-state index contributed by atoms with van der Waals surface area (Å²) in [5.74, 6) is 1.45. The normalized spacial score (nSPS) is 10.8. The van der Waals surface area contributed by atoms with Crippen molar-refractivity contribution in [1.82, 2.24) is 24.8 Å². The molecule has 0 radical (unpaired) electrons.